The third-order valence-corrected chi connectivity index (χ3v) is 4.09. The minimum Gasteiger partial charge on any atom is -0.462 e. The first-order valence-electron chi connectivity index (χ1n) is 7.95. The first kappa shape index (κ1) is 16.2. The lowest BCUT2D eigenvalue weighted by molar-refractivity contribution is 0.119. The van der Waals surface area contributed by atoms with Crippen LogP contribution in [-0.2, 0) is 6.54 Å². The van der Waals surface area contributed by atoms with Crippen LogP contribution in [0.1, 0.15) is 44.4 Å². The van der Waals surface area contributed by atoms with Crippen molar-refractivity contribution in [2.75, 3.05) is 20.2 Å². The largest absolute Gasteiger partial charge is 0.462 e. The molecular formula is C16H28N4O. The Morgan fingerprint density at radius 1 is 1.43 bits per heavy atom. The lowest BCUT2D eigenvalue weighted by atomic mass is 10.0. The smallest absolute Gasteiger partial charge is 0.316 e. The number of nitrogens with zero attached hydrogens (tertiary/aromatic N) is 3. The monoisotopic (exact) mass is 292 g/mol. The summed E-state index contributed by atoms with van der Waals surface area (Å²) in [6.45, 7) is 8.92. The van der Waals surface area contributed by atoms with Crippen LogP contribution in [-0.4, -0.2) is 47.2 Å². The Labute approximate surface area is 128 Å². The molecule has 0 spiro atoms. The lowest BCUT2D eigenvalue weighted by Gasteiger charge is -2.31. The van der Waals surface area contributed by atoms with Crippen molar-refractivity contribution in [1.82, 2.24) is 20.2 Å². The molecule has 1 fully saturated rings. The van der Waals surface area contributed by atoms with Gasteiger partial charge in [-0.1, -0.05) is 20.3 Å². The molecule has 0 radical (unpaired) electrons. The van der Waals surface area contributed by atoms with Gasteiger partial charge in [0.2, 0.25) is 0 Å². The van der Waals surface area contributed by atoms with Gasteiger partial charge in [-0.3, -0.25) is 0 Å². The average molecular weight is 292 g/mol. The van der Waals surface area contributed by atoms with Crippen molar-refractivity contribution >= 4 is 0 Å². The normalized spacial score (nSPS) is 20.0. The molecule has 0 amide bonds. The van der Waals surface area contributed by atoms with E-state index in [4.69, 9.17) is 4.74 Å². The number of ether oxygens (including phenoxy) is 1. The van der Waals surface area contributed by atoms with Gasteiger partial charge in [0.25, 0.3) is 0 Å². The van der Waals surface area contributed by atoms with Gasteiger partial charge in [0.15, 0.2) is 0 Å². The molecule has 0 aromatic carbocycles. The highest BCUT2D eigenvalue weighted by Crippen LogP contribution is 2.16. The average Bonchev–Trinajstić information content (AvgIpc) is 2.45. The number of aryl methyl sites for hydroxylation is 1. The van der Waals surface area contributed by atoms with E-state index in [0.717, 1.165) is 24.3 Å². The van der Waals surface area contributed by atoms with E-state index < -0.39 is 0 Å². The Morgan fingerprint density at radius 3 is 2.90 bits per heavy atom. The van der Waals surface area contributed by atoms with Crippen LogP contribution >= 0.6 is 0 Å². The van der Waals surface area contributed by atoms with E-state index in [1.807, 2.05) is 13.1 Å². The molecule has 0 bridgehead atoms. The summed E-state index contributed by atoms with van der Waals surface area (Å²) in [6, 6.07) is 1.45. The van der Waals surface area contributed by atoms with Gasteiger partial charge in [0.1, 0.15) is 6.61 Å². The molecule has 1 aliphatic rings. The SMILES string of the molecule is Cc1nc(OCC2CCCCN2C)ncc1CNC(C)C. The summed E-state index contributed by atoms with van der Waals surface area (Å²) in [7, 11) is 2.17. The summed E-state index contributed by atoms with van der Waals surface area (Å²) >= 11 is 0. The molecule has 2 rings (SSSR count). The molecule has 5 heteroatoms. The summed E-state index contributed by atoms with van der Waals surface area (Å²) in [5.41, 5.74) is 2.12. The molecule has 21 heavy (non-hydrogen) atoms. The maximum atomic E-state index is 5.79. The van der Waals surface area contributed by atoms with Crippen LogP contribution in [0.5, 0.6) is 6.01 Å². The first-order valence-corrected chi connectivity index (χ1v) is 7.95. The van der Waals surface area contributed by atoms with Gasteiger partial charge in [-0.15, -0.1) is 0 Å². The predicted octanol–water partition coefficient (Wildman–Crippen LogP) is 2.15. The van der Waals surface area contributed by atoms with E-state index in [1.54, 1.807) is 0 Å². The zero-order valence-corrected chi connectivity index (χ0v) is 13.7. The number of hydrogen-bond acceptors (Lipinski definition) is 5. The number of likely N-dealkylation sites (tertiary alicyclic amines) is 1. The van der Waals surface area contributed by atoms with Crippen LogP contribution in [0.3, 0.4) is 0 Å². The lowest BCUT2D eigenvalue weighted by Crippen LogP contribution is -2.40. The van der Waals surface area contributed by atoms with Crippen molar-refractivity contribution in [1.29, 1.82) is 0 Å². The number of aromatic nitrogens is 2. The van der Waals surface area contributed by atoms with Crippen molar-refractivity contribution in [2.24, 2.45) is 0 Å². The number of rotatable bonds is 6. The molecule has 1 aliphatic heterocycles. The summed E-state index contributed by atoms with van der Waals surface area (Å²) < 4.78 is 5.79. The van der Waals surface area contributed by atoms with Crippen molar-refractivity contribution in [3.8, 4) is 6.01 Å². The quantitative estimate of drug-likeness (QED) is 0.870. The highest BCUT2D eigenvalue weighted by Gasteiger charge is 2.19. The van der Waals surface area contributed by atoms with E-state index >= 15 is 0 Å². The maximum absolute atomic E-state index is 5.79. The number of likely N-dealkylation sites (N-methyl/N-ethyl adjacent to an activating group) is 1. The summed E-state index contributed by atoms with van der Waals surface area (Å²) in [4.78, 5) is 11.2. The molecule has 0 saturated carbocycles. The molecule has 1 unspecified atom stereocenters. The van der Waals surface area contributed by atoms with Gasteiger partial charge in [0, 0.05) is 36.1 Å². The fourth-order valence-electron chi connectivity index (χ4n) is 2.55. The van der Waals surface area contributed by atoms with Crippen molar-refractivity contribution in [3.63, 3.8) is 0 Å². The van der Waals surface area contributed by atoms with Gasteiger partial charge >= 0.3 is 6.01 Å². The topological polar surface area (TPSA) is 50.3 Å². The number of nitrogens with one attached hydrogen (secondary N) is 1. The highest BCUT2D eigenvalue weighted by molar-refractivity contribution is 5.17. The molecule has 1 aromatic heterocycles. The molecule has 0 aliphatic carbocycles. The third-order valence-electron chi connectivity index (χ3n) is 4.09. The van der Waals surface area contributed by atoms with E-state index in [0.29, 0.717) is 24.7 Å². The Hall–Kier alpha value is -1.20. The van der Waals surface area contributed by atoms with Crippen LogP contribution in [0, 0.1) is 6.92 Å². The fourth-order valence-corrected chi connectivity index (χ4v) is 2.55. The van der Waals surface area contributed by atoms with Crippen LogP contribution in [0.2, 0.25) is 0 Å². The van der Waals surface area contributed by atoms with Crippen LogP contribution in [0.25, 0.3) is 0 Å². The van der Waals surface area contributed by atoms with Crippen molar-refractivity contribution < 1.29 is 4.74 Å². The summed E-state index contributed by atoms with van der Waals surface area (Å²) in [6.07, 6.45) is 5.65. The Kier molecular flexibility index (Phi) is 5.94. The van der Waals surface area contributed by atoms with Crippen molar-refractivity contribution in [2.45, 2.75) is 58.7 Å². The van der Waals surface area contributed by atoms with Gasteiger partial charge < -0.3 is 15.0 Å². The molecule has 2 heterocycles. The Balaban J connectivity index is 1.87. The minimum atomic E-state index is 0.460. The standard InChI is InChI=1S/C16H28N4O/c1-12(2)17-9-14-10-18-16(19-13(14)3)21-11-15-7-5-6-8-20(15)4/h10,12,15,17H,5-9,11H2,1-4H3. The second-order valence-electron chi connectivity index (χ2n) is 6.24. The number of hydrogen-bond donors (Lipinski definition) is 1. The van der Waals surface area contributed by atoms with Crippen LogP contribution in [0.15, 0.2) is 6.20 Å². The molecule has 118 valence electrons. The van der Waals surface area contributed by atoms with E-state index in [1.165, 1.54) is 19.3 Å². The maximum Gasteiger partial charge on any atom is 0.316 e. The number of piperidine rings is 1. The third kappa shape index (κ3) is 4.93. The van der Waals surface area contributed by atoms with E-state index in [9.17, 15) is 0 Å². The highest BCUT2D eigenvalue weighted by atomic mass is 16.5. The van der Waals surface area contributed by atoms with E-state index in [-0.39, 0.29) is 0 Å². The molecule has 1 saturated heterocycles. The first-order chi connectivity index (χ1) is 10.1. The molecular weight excluding hydrogens is 264 g/mol. The fraction of sp³-hybridized carbons (Fsp3) is 0.750. The predicted molar refractivity (Wildman–Crippen MR) is 84.5 cm³/mol. The van der Waals surface area contributed by atoms with Crippen LogP contribution < -0.4 is 10.1 Å². The molecule has 5 nitrogen and oxygen atoms in total. The van der Waals surface area contributed by atoms with Gasteiger partial charge in [-0.2, -0.15) is 0 Å². The Bertz CT molecular complexity index is 450. The summed E-state index contributed by atoms with van der Waals surface area (Å²) in [5, 5.41) is 3.38. The molecule has 1 atom stereocenters. The second kappa shape index (κ2) is 7.71. The van der Waals surface area contributed by atoms with E-state index in [2.05, 4.69) is 41.1 Å². The zero-order valence-electron chi connectivity index (χ0n) is 13.7. The second-order valence-corrected chi connectivity index (χ2v) is 6.24. The minimum absolute atomic E-state index is 0.460. The Morgan fingerprint density at radius 2 is 2.24 bits per heavy atom. The van der Waals surface area contributed by atoms with Gasteiger partial charge in [-0.25, -0.2) is 9.97 Å². The molecule has 1 N–H and O–H groups in total. The van der Waals surface area contributed by atoms with Gasteiger partial charge in [-0.05, 0) is 33.4 Å². The van der Waals surface area contributed by atoms with Gasteiger partial charge in [0.05, 0.1) is 0 Å². The molecule has 1 aromatic rings. The summed E-state index contributed by atoms with van der Waals surface area (Å²) in [5.74, 6) is 0. The van der Waals surface area contributed by atoms with Crippen LogP contribution in [0.4, 0.5) is 0 Å². The zero-order chi connectivity index (χ0) is 15.2. The van der Waals surface area contributed by atoms with Crippen molar-refractivity contribution in [3.05, 3.63) is 17.5 Å².